The summed E-state index contributed by atoms with van der Waals surface area (Å²) in [6.45, 7) is 1.09. The molecule has 0 unspecified atom stereocenters. The molecule has 222 valence electrons. The molecule has 1 aliphatic rings. The predicted octanol–water partition coefficient (Wildman–Crippen LogP) is 5.42. The number of nitrogens with one attached hydrogen (secondary N) is 1. The minimum Gasteiger partial charge on any atom is -0.352 e. The van der Waals surface area contributed by atoms with Crippen molar-refractivity contribution in [1.82, 2.24) is 10.2 Å². The summed E-state index contributed by atoms with van der Waals surface area (Å²) in [7, 11) is -4.25. The van der Waals surface area contributed by atoms with Gasteiger partial charge in [0.25, 0.3) is 15.7 Å². The molecule has 1 atom stereocenters. The summed E-state index contributed by atoms with van der Waals surface area (Å²) >= 11 is 3.40. The monoisotopic (exact) mass is 656 g/mol. The van der Waals surface area contributed by atoms with E-state index in [2.05, 4.69) is 21.2 Å². The summed E-state index contributed by atoms with van der Waals surface area (Å²) in [6, 6.07) is 19.1. The highest BCUT2D eigenvalue weighted by molar-refractivity contribution is 9.10. The molecular formula is C30H33BrN4O6S. The van der Waals surface area contributed by atoms with Crippen molar-refractivity contribution < 1.29 is 22.9 Å². The average Bonchev–Trinajstić information content (AvgIpc) is 3.00. The van der Waals surface area contributed by atoms with E-state index in [0.717, 1.165) is 46.4 Å². The number of hydrogen-bond acceptors (Lipinski definition) is 6. The molecule has 12 heteroatoms. The lowest BCUT2D eigenvalue weighted by atomic mass is 9.95. The van der Waals surface area contributed by atoms with Crippen molar-refractivity contribution in [3.8, 4) is 0 Å². The summed E-state index contributed by atoms with van der Waals surface area (Å²) in [5.74, 6) is -0.901. The summed E-state index contributed by atoms with van der Waals surface area (Å²) < 4.78 is 29.4. The van der Waals surface area contributed by atoms with E-state index in [-0.39, 0.29) is 34.8 Å². The van der Waals surface area contributed by atoms with Crippen LogP contribution in [0.5, 0.6) is 0 Å². The number of rotatable bonds is 11. The first-order valence-electron chi connectivity index (χ1n) is 13.7. The second-order valence-corrected chi connectivity index (χ2v) is 13.0. The number of nitrogens with zero attached hydrogens (tertiary/aromatic N) is 3. The number of non-ortho nitro benzene ring substituents is 1. The maximum atomic E-state index is 14.0. The van der Waals surface area contributed by atoms with E-state index in [1.807, 2.05) is 24.3 Å². The van der Waals surface area contributed by atoms with Gasteiger partial charge >= 0.3 is 0 Å². The fraction of sp³-hybridized carbons (Fsp3) is 0.333. The molecule has 1 aliphatic carbocycles. The first-order valence-corrected chi connectivity index (χ1v) is 16.0. The zero-order valence-corrected chi connectivity index (χ0v) is 25.6. The van der Waals surface area contributed by atoms with E-state index >= 15 is 0 Å². The normalized spacial score (nSPS) is 14.5. The third kappa shape index (κ3) is 7.74. The Morgan fingerprint density at radius 2 is 1.60 bits per heavy atom. The van der Waals surface area contributed by atoms with Crippen LogP contribution in [0.4, 0.5) is 11.4 Å². The van der Waals surface area contributed by atoms with Crippen LogP contribution in [0.3, 0.4) is 0 Å². The van der Waals surface area contributed by atoms with Gasteiger partial charge in [-0.25, -0.2) is 8.42 Å². The molecule has 1 fully saturated rings. The molecule has 0 aromatic heterocycles. The third-order valence-corrected chi connectivity index (χ3v) is 9.66. The van der Waals surface area contributed by atoms with Crippen LogP contribution in [0.15, 0.2) is 88.2 Å². The standard InChI is InChI=1S/C30H33BrN4O6S/c1-22(30(37)32-25-8-4-2-5-9-25)33(20-23-12-14-24(31)15-13-23)29(36)21-34(26-16-18-27(19-17-26)35(38)39)42(40,41)28-10-6-3-7-11-28/h3,6-7,10-19,22,25H,2,4-5,8-9,20-21H2,1H3,(H,32,37)/t22-/m0/s1. The van der Waals surface area contributed by atoms with Crippen LogP contribution in [-0.2, 0) is 26.2 Å². The van der Waals surface area contributed by atoms with Gasteiger partial charge in [-0.05, 0) is 61.7 Å². The number of carbonyl (C=O) groups excluding carboxylic acids is 2. The number of nitro benzene ring substituents is 1. The highest BCUT2D eigenvalue weighted by atomic mass is 79.9. The number of benzene rings is 3. The van der Waals surface area contributed by atoms with Gasteiger partial charge in [-0.15, -0.1) is 0 Å². The van der Waals surface area contributed by atoms with Crippen molar-refractivity contribution in [2.24, 2.45) is 0 Å². The summed E-state index contributed by atoms with van der Waals surface area (Å²) in [4.78, 5) is 39.3. The Kier molecular flexibility index (Phi) is 10.3. The maximum absolute atomic E-state index is 14.0. The fourth-order valence-corrected chi connectivity index (χ4v) is 6.63. The zero-order chi connectivity index (χ0) is 30.3. The van der Waals surface area contributed by atoms with E-state index < -0.39 is 33.4 Å². The molecule has 10 nitrogen and oxygen atoms in total. The lowest BCUT2D eigenvalue weighted by molar-refractivity contribution is -0.384. The summed E-state index contributed by atoms with van der Waals surface area (Å²) in [5, 5.41) is 14.3. The van der Waals surface area contributed by atoms with Crippen LogP contribution < -0.4 is 9.62 Å². The van der Waals surface area contributed by atoms with Crippen LogP contribution in [0.2, 0.25) is 0 Å². The molecule has 0 heterocycles. The molecule has 3 aromatic carbocycles. The SMILES string of the molecule is C[C@@H](C(=O)NC1CCCCC1)N(Cc1ccc(Br)cc1)C(=O)CN(c1ccc([N+](=O)[O-])cc1)S(=O)(=O)c1ccccc1. The van der Waals surface area contributed by atoms with Crippen molar-refractivity contribution in [3.05, 3.63) is 99.0 Å². The minimum atomic E-state index is -4.25. The second kappa shape index (κ2) is 13.9. The minimum absolute atomic E-state index is 0.0356. The Bertz CT molecular complexity index is 1500. The Hall–Kier alpha value is -3.77. The van der Waals surface area contributed by atoms with Crippen LogP contribution in [0.1, 0.15) is 44.6 Å². The zero-order valence-electron chi connectivity index (χ0n) is 23.2. The van der Waals surface area contributed by atoms with E-state index in [1.54, 1.807) is 25.1 Å². The maximum Gasteiger partial charge on any atom is 0.269 e. The average molecular weight is 658 g/mol. The Labute approximate surface area is 254 Å². The molecule has 42 heavy (non-hydrogen) atoms. The number of carbonyl (C=O) groups is 2. The highest BCUT2D eigenvalue weighted by Crippen LogP contribution is 2.27. The van der Waals surface area contributed by atoms with Gasteiger partial charge in [0.15, 0.2) is 0 Å². The van der Waals surface area contributed by atoms with Gasteiger partial charge in [0.1, 0.15) is 12.6 Å². The molecule has 3 aromatic rings. The topological polar surface area (TPSA) is 130 Å². The van der Waals surface area contributed by atoms with Gasteiger partial charge in [0, 0.05) is 29.2 Å². The smallest absolute Gasteiger partial charge is 0.269 e. The van der Waals surface area contributed by atoms with Crippen LogP contribution >= 0.6 is 15.9 Å². The number of sulfonamides is 1. The molecule has 2 amide bonds. The van der Waals surface area contributed by atoms with E-state index in [4.69, 9.17) is 0 Å². The van der Waals surface area contributed by atoms with Crippen LogP contribution in [-0.4, -0.2) is 48.7 Å². The quantitative estimate of drug-likeness (QED) is 0.217. The van der Waals surface area contributed by atoms with Crippen molar-refractivity contribution in [2.75, 3.05) is 10.8 Å². The molecule has 0 aliphatic heterocycles. The summed E-state index contributed by atoms with van der Waals surface area (Å²) in [5.41, 5.74) is 0.629. The van der Waals surface area contributed by atoms with Gasteiger partial charge in [-0.1, -0.05) is 65.5 Å². The van der Waals surface area contributed by atoms with Crippen molar-refractivity contribution in [1.29, 1.82) is 0 Å². The van der Waals surface area contributed by atoms with E-state index in [9.17, 15) is 28.1 Å². The Morgan fingerprint density at radius 3 is 2.19 bits per heavy atom. The second-order valence-electron chi connectivity index (χ2n) is 10.3. The third-order valence-electron chi connectivity index (χ3n) is 7.34. The predicted molar refractivity (Wildman–Crippen MR) is 163 cm³/mol. The van der Waals surface area contributed by atoms with Gasteiger partial charge in [0.05, 0.1) is 15.5 Å². The Morgan fingerprint density at radius 1 is 0.976 bits per heavy atom. The summed E-state index contributed by atoms with van der Waals surface area (Å²) in [6.07, 6.45) is 4.94. The van der Waals surface area contributed by atoms with Crippen molar-refractivity contribution >= 4 is 49.1 Å². The molecule has 1 saturated carbocycles. The number of hydrogen-bond donors (Lipinski definition) is 1. The first-order chi connectivity index (χ1) is 20.1. The molecular weight excluding hydrogens is 624 g/mol. The highest BCUT2D eigenvalue weighted by Gasteiger charge is 2.33. The number of anilines is 1. The lowest BCUT2D eigenvalue weighted by Gasteiger charge is -2.33. The lowest BCUT2D eigenvalue weighted by Crippen LogP contribution is -2.53. The molecule has 1 N–H and O–H groups in total. The van der Waals surface area contributed by atoms with Gasteiger partial charge in [0.2, 0.25) is 11.8 Å². The molecule has 0 bridgehead atoms. The number of halogens is 1. The Balaban J connectivity index is 1.67. The van der Waals surface area contributed by atoms with Crippen molar-refractivity contribution in [2.45, 2.75) is 62.6 Å². The first kappa shape index (κ1) is 31.2. The van der Waals surface area contributed by atoms with E-state index in [0.29, 0.717) is 0 Å². The van der Waals surface area contributed by atoms with E-state index in [1.165, 1.54) is 41.3 Å². The molecule has 0 saturated heterocycles. The fourth-order valence-electron chi connectivity index (χ4n) is 4.93. The molecule has 4 rings (SSSR count). The van der Waals surface area contributed by atoms with Gasteiger partial charge in [-0.3, -0.25) is 24.0 Å². The number of nitro groups is 1. The van der Waals surface area contributed by atoms with Gasteiger partial charge < -0.3 is 10.2 Å². The van der Waals surface area contributed by atoms with Gasteiger partial charge in [-0.2, -0.15) is 0 Å². The van der Waals surface area contributed by atoms with Crippen LogP contribution in [0, 0.1) is 10.1 Å². The number of amides is 2. The van der Waals surface area contributed by atoms with Crippen LogP contribution in [0.25, 0.3) is 0 Å². The molecule has 0 radical (unpaired) electrons. The van der Waals surface area contributed by atoms with Crippen molar-refractivity contribution in [3.63, 3.8) is 0 Å². The molecule has 0 spiro atoms. The largest absolute Gasteiger partial charge is 0.352 e.